The van der Waals surface area contributed by atoms with Gasteiger partial charge in [0.15, 0.2) is 0 Å². The van der Waals surface area contributed by atoms with Crippen LogP contribution in [0.1, 0.15) is 25.1 Å². The number of aryl methyl sites for hydroxylation is 1. The van der Waals surface area contributed by atoms with Gasteiger partial charge in [-0.3, -0.25) is 9.78 Å². The highest BCUT2D eigenvalue weighted by Crippen LogP contribution is 2.11. The summed E-state index contributed by atoms with van der Waals surface area (Å²) in [6.45, 7) is 7.85. The molecule has 1 fully saturated rings. The van der Waals surface area contributed by atoms with E-state index in [1.165, 1.54) is 0 Å². The molecule has 98 valence electrons. The van der Waals surface area contributed by atoms with Gasteiger partial charge < -0.3 is 10.2 Å². The van der Waals surface area contributed by atoms with Crippen molar-refractivity contribution >= 4 is 5.91 Å². The molecule has 1 amide bonds. The maximum absolute atomic E-state index is 12.3. The molecular formula is C14H21N3O. The van der Waals surface area contributed by atoms with E-state index in [0.29, 0.717) is 12.5 Å². The second kappa shape index (κ2) is 5.48. The summed E-state index contributed by atoms with van der Waals surface area (Å²) in [5.74, 6) is 0.178. The highest BCUT2D eigenvalue weighted by molar-refractivity contribution is 5.79. The Balaban J connectivity index is 2.05. The SMILES string of the molecule is Cc1cccnc1CC(=O)N1CC(C)NCC1C. The summed E-state index contributed by atoms with van der Waals surface area (Å²) in [5, 5.41) is 3.38. The van der Waals surface area contributed by atoms with E-state index in [1.807, 2.05) is 24.0 Å². The highest BCUT2D eigenvalue weighted by Gasteiger charge is 2.26. The van der Waals surface area contributed by atoms with E-state index in [-0.39, 0.29) is 11.9 Å². The van der Waals surface area contributed by atoms with E-state index in [0.717, 1.165) is 24.3 Å². The van der Waals surface area contributed by atoms with Gasteiger partial charge in [0.25, 0.3) is 0 Å². The van der Waals surface area contributed by atoms with E-state index >= 15 is 0 Å². The molecule has 2 atom stereocenters. The molecule has 2 heterocycles. The molecule has 1 aliphatic rings. The molecule has 0 aromatic carbocycles. The lowest BCUT2D eigenvalue weighted by atomic mass is 10.1. The maximum atomic E-state index is 12.3. The molecule has 1 aromatic heterocycles. The fourth-order valence-corrected chi connectivity index (χ4v) is 2.32. The third-order valence-corrected chi connectivity index (χ3v) is 3.52. The van der Waals surface area contributed by atoms with Crippen molar-refractivity contribution in [3.63, 3.8) is 0 Å². The lowest BCUT2D eigenvalue weighted by Gasteiger charge is -2.37. The number of carbonyl (C=O) groups is 1. The van der Waals surface area contributed by atoms with Crippen LogP contribution in [0.5, 0.6) is 0 Å². The van der Waals surface area contributed by atoms with E-state index in [9.17, 15) is 4.79 Å². The van der Waals surface area contributed by atoms with Crippen LogP contribution in [0.25, 0.3) is 0 Å². The number of pyridine rings is 1. The predicted molar refractivity (Wildman–Crippen MR) is 71.3 cm³/mol. The molecule has 18 heavy (non-hydrogen) atoms. The largest absolute Gasteiger partial charge is 0.337 e. The Morgan fingerprint density at radius 1 is 1.56 bits per heavy atom. The molecule has 0 bridgehead atoms. The van der Waals surface area contributed by atoms with Crippen LogP contribution in [-0.4, -0.2) is 41.0 Å². The number of amides is 1. The molecular weight excluding hydrogens is 226 g/mol. The first-order valence-corrected chi connectivity index (χ1v) is 6.51. The average molecular weight is 247 g/mol. The van der Waals surface area contributed by atoms with E-state index in [2.05, 4.69) is 24.1 Å². The van der Waals surface area contributed by atoms with Gasteiger partial charge in [-0.25, -0.2) is 0 Å². The summed E-state index contributed by atoms with van der Waals surface area (Å²) in [6, 6.07) is 4.53. The number of hydrogen-bond donors (Lipinski definition) is 1. The Morgan fingerprint density at radius 2 is 2.33 bits per heavy atom. The van der Waals surface area contributed by atoms with Crippen molar-refractivity contribution in [1.82, 2.24) is 15.2 Å². The van der Waals surface area contributed by atoms with Gasteiger partial charge in [-0.05, 0) is 32.4 Å². The van der Waals surface area contributed by atoms with Crippen molar-refractivity contribution in [3.8, 4) is 0 Å². The van der Waals surface area contributed by atoms with Gasteiger partial charge in [0.2, 0.25) is 5.91 Å². The topological polar surface area (TPSA) is 45.2 Å². The predicted octanol–water partition coefficient (Wildman–Crippen LogP) is 1.14. The minimum Gasteiger partial charge on any atom is -0.337 e. The second-order valence-corrected chi connectivity index (χ2v) is 5.15. The fourth-order valence-electron chi connectivity index (χ4n) is 2.32. The molecule has 4 nitrogen and oxygen atoms in total. The summed E-state index contributed by atoms with van der Waals surface area (Å²) in [6.07, 6.45) is 2.16. The zero-order valence-corrected chi connectivity index (χ0v) is 11.3. The molecule has 1 aromatic rings. The lowest BCUT2D eigenvalue weighted by Crippen LogP contribution is -2.56. The van der Waals surface area contributed by atoms with Gasteiger partial charge in [-0.1, -0.05) is 6.07 Å². The van der Waals surface area contributed by atoms with Gasteiger partial charge in [0.05, 0.1) is 12.1 Å². The van der Waals surface area contributed by atoms with Gasteiger partial charge in [0.1, 0.15) is 0 Å². The zero-order valence-electron chi connectivity index (χ0n) is 11.3. The lowest BCUT2D eigenvalue weighted by molar-refractivity contribution is -0.134. The first-order valence-electron chi connectivity index (χ1n) is 6.51. The average Bonchev–Trinajstić information content (AvgIpc) is 2.35. The van der Waals surface area contributed by atoms with Gasteiger partial charge in [0, 0.05) is 31.4 Å². The fraction of sp³-hybridized carbons (Fsp3) is 0.571. The van der Waals surface area contributed by atoms with Crippen LogP contribution < -0.4 is 5.32 Å². The Bertz CT molecular complexity index is 433. The van der Waals surface area contributed by atoms with Gasteiger partial charge in [-0.2, -0.15) is 0 Å². The molecule has 1 saturated heterocycles. The standard InChI is InChI=1S/C14H21N3O/c1-10-5-4-6-15-13(10)7-14(18)17-9-11(2)16-8-12(17)3/h4-6,11-12,16H,7-9H2,1-3H3. The Labute approximate surface area is 108 Å². The molecule has 0 aliphatic carbocycles. The van der Waals surface area contributed by atoms with Crippen molar-refractivity contribution in [2.45, 2.75) is 39.3 Å². The van der Waals surface area contributed by atoms with Crippen LogP contribution in [0.4, 0.5) is 0 Å². The molecule has 1 N–H and O–H groups in total. The summed E-state index contributed by atoms with van der Waals surface area (Å²) in [7, 11) is 0. The molecule has 1 aliphatic heterocycles. The Hall–Kier alpha value is -1.42. The third-order valence-electron chi connectivity index (χ3n) is 3.52. The quantitative estimate of drug-likeness (QED) is 0.852. The number of hydrogen-bond acceptors (Lipinski definition) is 3. The summed E-state index contributed by atoms with van der Waals surface area (Å²) >= 11 is 0. The first-order chi connectivity index (χ1) is 8.58. The summed E-state index contributed by atoms with van der Waals surface area (Å²) in [5.41, 5.74) is 1.97. The van der Waals surface area contributed by atoms with Crippen molar-refractivity contribution < 1.29 is 4.79 Å². The van der Waals surface area contributed by atoms with Crippen molar-refractivity contribution in [2.24, 2.45) is 0 Å². The molecule has 0 spiro atoms. The summed E-state index contributed by atoms with van der Waals surface area (Å²) in [4.78, 5) is 18.6. The van der Waals surface area contributed by atoms with Gasteiger partial charge in [-0.15, -0.1) is 0 Å². The van der Waals surface area contributed by atoms with Crippen LogP contribution in [0.3, 0.4) is 0 Å². The van der Waals surface area contributed by atoms with Crippen LogP contribution in [0.2, 0.25) is 0 Å². The zero-order chi connectivity index (χ0) is 13.1. The third kappa shape index (κ3) is 2.88. The maximum Gasteiger partial charge on any atom is 0.228 e. The number of rotatable bonds is 2. The highest BCUT2D eigenvalue weighted by atomic mass is 16.2. The molecule has 0 saturated carbocycles. The Kier molecular flexibility index (Phi) is 3.97. The van der Waals surface area contributed by atoms with Crippen LogP contribution in [-0.2, 0) is 11.2 Å². The number of aromatic nitrogens is 1. The Morgan fingerprint density at radius 3 is 3.06 bits per heavy atom. The summed E-state index contributed by atoms with van der Waals surface area (Å²) < 4.78 is 0. The number of nitrogens with one attached hydrogen (secondary N) is 1. The smallest absolute Gasteiger partial charge is 0.228 e. The first kappa shape index (κ1) is 13.0. The monoisotopic (exact) mass is 247 g/mol. The van der Waals surface area contributed by atoms with Crippen LogP contribution >= 0.6 is 0 Å². The number of piperazine rings is 1. The van der Waals surface area contributed by atoms with Crippen LogP contribution in [0, 0.1) is 6.92 Å². The minimum absolute atomic E-state index is 0.178. The molecule has 2 unspecified atom stereocenters. The van der Waals surface area contributed by atoms with Gasteiger partial charge >= 0.3 is 0 Å². The number of carbonyl (C=O) groups excluding carboxylic acids is 1. The van der Waals surface area contributed by atoms with Crippen LogP contribution in [0.15, 0.2) is 18.3 Å². The van der Waals surface area contributed by atoms with Crippen molar-refractivity contribution in [1.29, 1.82) is 0 Å². The molecule has 4 heteroatoms. The minimum atomic E-state index is 0.178. The normalized spacial score (nSPS) is 24.1. The molecule has 0 radical (unpaired) electrons. The second-order valence-electron chi connectivity index (χ2n) is 5.15. The van der Waals surface area contributed by atoms with Crippen molar-refractivity contribution in [2.75, 3.05) is 13.1 Å². The number of nitrogens with zero attached hydrogens (tertiary/aromatic N) is 2. The van der Waals surface area contributed by atoms with Crippen molar-refractivity contribution in [3.05, 3.63) is 29.6 Å². The van der Waals surface area contributed by atoms with E-state index in [1.54, 1.807) is 6.20 Å². The van der Waals surface area contributed by atoms with E-state index < -0.39 is 0 Å². The molecule has 2 rings (SSSR count). The van der Waals surface area contributed by atoms with E-state index in [4.69, 9.17) is 0 Å².